The minimum Gasteiger partial charge on any atom is -0.302 e. The van der Waals surface area contributed by atoms with Crippen molar-refractivity contribution < 1.29 is 4.39 Å². The highest BCUT2D eigenvalue weighted by molar-refractivity contribution is 7.98. The van der Waals surface area contributed by atoms with Gasteiger partial charge in [0.1, 0.15) is 5.82 Å². The van der Waals surface area contributed by atoms with E-state index in [4.69, 9.17) is 11.6 Å². The maximum absolute atomic E-state index is 13.2. The number of hydrogen-bond acceptors (Lipinski definition) is 4. The van der Waals surface area contributed by atoms with E-state index >= 15 is 0 Å². The van der Waals surface area contributed by atoms with E-state index in [0.717, 1.165) is 35.1 Å². The average molecular weight is 396 g/mol. The molecule has 0 bridgehead atoms. The predicted octanol–water partition coefficient (Wildman–Crippen LogP) is 6.12. The Labute approximate surface area is 160 Å². The molecule has 0 saturated carbocycles. The Morgan fingerprint density at radius 1 is 1.28 bits per heavy atom. The fourth-order valence-electron chi connectivity index (χ4n) is 2.54. The van der Waals surface area contributed by atoms with Crippen molar-refractivity contribution in [3.8, 4) is 11.4 Å². The molecule has 0 fully saturated rings. The van der Waals surface area contributed by atoms with Gasteiger partial charge < -0.3 is 4.57 Å². The molecule has 0 atom stereocenters. The lowest BCUT2D eigenvalue weighted by atomic mass is 10.1. The number of benzene rings is 1. The van der Waals surface area contributed by atoms with Crippen LogP contribution < -0.4 is 0 Å². The van der Waals surface area contributed by atoms with Gasteiger partial charge in [0.2, 0.25) is 0 Å². The van der Waals surface area contributed by atoms with Crippen molar-refractivity contribution in [3.63, 3.8) is 0 Å². The fourth-order valence-corrected chi connectivity index (χ4v) is 4.68. The van der Waals surface area contributed by atoms with E-state index in [1.165, 1.54) is 22.6 Å². The minimum absolute atomic E-state index is 0.321. The highest BCUT2D eigenvalue weighted by atomic mass is 35.5. The van der Waals surface area contributed by atoms with Crippen LogP contribution in [0.3, 0.4) is 0 Å². The topological polar surface area (TPSA) is 30.7 Å². The van der Waals surface area contributed by atoms with Crippen LogP contribution in [-0.2, 0) is 12.3 Å². The van der Waals surface area contributed by atoms with Crippen LogP contribution in [0.15, 0.2) is 28.7 Å². The summed E-state index contributed by atoms with van der Waals surface area (Å²) in [5, 5.41) is 12.3. The summed E-state index contributed by atoms with van der Waals surface area (Å²) < 4.78 is 15.4. The van der Waals surface area contributed by atoms with Crippen molar-refractivity contribution in [2.24, 2.45) is 0 Å². The summed E-state index contributed by atoms with van der Waals surface area (Å²) in [6.07, 6.45) is 0.998. The Morgan fingerprint density at radius 3 is 2.72 bits per heavy atom. The number of nitrogens with zero attached hydrogens (tertiary/aromatic N) is 3. The maximum Gasteiger partial charge on any atom is 0.191 e. The van der Waals surface area contributed by atoms with Crippen molar-refractivity contribution in [2.75, 3.05) is 0 Å². The summed E-state index contributed by atoms with van der Waals surface area (Å²) in [5.74, 6) is 1.22. The van der Waals surface area contributed by atoms with Crippen molar-refractivity contribution in [3.05, 3.63) is 50.4 Å². The van der Waals surface area contributed by atoms with Crippen molar-refractivity contribution in [1.29, 1.82) is 0 Å². The SMILES string of the molecule is CCCn1c(SCc2ccc(F)cc2Cl)nnc1-c1csc(C)c1C. The van der Waals surface area contributed by atoms with E-state index in [0.29, 0.717) is 10.8 Å². The second-order valence-corrected chi connectivity index (χ2v) is 8.25. The first-order chi connectivity index (χ1) is 12.0. The first-order valence-electron chi connectivity index (χ1n) is 8.06. The zero-order valence-corrected chi connectivity index (χ0v) is 16.7. The highest BCUT2D eigenvalue weighted by Crippen LogP contribution is 2.33. The third-order valence-electron chi connectivity index (χ3n) is 4.06. The number of aromatic nitrogens is 3. The van der Waals surface area contributed by atoms with E-state index in [9.17, 15) is 4.39 Å². The van der Waals surface area contributed by atoms with Crippen LogP contribution in [0.1, 0.15) is 29.3 Å². The molecular formula is C18H19ClFN3S2. The number of aryl methyl sites for hydroxylation is 1. The molecule has 3 aromatic rings. The summed E-state index contributed by atoms with van der Waals surface area (Å²) >= 11 is 9.44. The first-order valence-corrected chi connectivity index (χ1v) is 10.3. The highest BCUT2D eigenvalue weighted by Gasteiger charge is 2.17. The second kappa shape index (κ2) is 7.89. The van der Waals surface area contributed by atoms with E-state index < -0.39 is 0 Å². The largest absolute Gasteiger partial charge is 0.302 e. The molecule has 0 saturated heterocycles. The van der Waals surface area contributed by atoms with Gasteiger partial charge in [-0.25, -0.2) is 4.39 Å². The quantitative estimate of drug-likeness (QED) is 0.471. The van der Waals surface area contributed by atoms with Gasteiger partial charge in [0.25, 0.3) is 0 Å². The fraction of sp³-hybridized carbons (Fsp3) is 0.333. The number of thioether (sulfide) groups is 1. The molecule has 3 rings (SSSR count). The summed E-state index contributed by atoms with van der Waals surface area (Å²) in [4.78, 5) is 1.30. The lowest BCUT2D eigenvalue weighted by Gasteiger charge is -2.09. The van der Waals surface area contributed by atoms with Gasteiger partial charge in [0.15, 0.2) is 11.0 Å². The molecule has 2 heterocycles. The van der Waals surface area contributed by atoms with Crippen LogP contribution in [-0.4, -0.2) is 14.8 Å². The molecular weight excluding hydrogens is 377 g/mol. The summed E-state index contributed by atoms with van der Waals surface area (Å²) in [5.41, 5.74) is 3.30. The standard InChI is InChI=1S/C18H19ClFN3S2/c1-4-7-23-17(15-10-24-12(3)11(15)2)21-22-18(23)25-9-13-5-6-14(20)8-16(13)19/h5-6,8,10H,4,7,9H2,1-3H3. The first kappa shape index (κ1) is 18.4. The van der Waals surface area contributed by atoms with Gasteiger partial charge in [-0.15, -0.1) is 21.5 Å². The zero-order valence-electron chi connectivity index (χ0n) is 14.3. The molecule has 0 N–H and O–H groups in total. The normalized spacial score (nSPS) is 11.2. The zero-order chi connectivity index (χ0) is 18.0. The second-order valence-electron chi connectivity index (χ2n) is 5.81. The number of halogens is 2. The molecule has 0 spiro atoms. The van der Waals surface area contributed by atoms with Gasteiger partial charge in [-0.3, -0.25) is 0 Å². The van der Waals surface area contributed by atoms with Crippen LogP contribution in [0, 0.1) is 19.7 Å². The van der Waals surface area contributed by atoms with Crippen molar-refractivity contribution in [1.82, 2.24) is 14.8 Å². The Morgan fingerprint density at radius 2 is 2.08 bits per heavy atom. The van der Waals surface area contributed by atoms with Gasteiger partial charge in [-0.05, 0) is 43.5 Å². The Bertz CT molecular complexity index is 889. The van der Waals surface area contributed by atoms with Crippen LogP contribution in [0.2, 0.25) is 5.02 Å². The van der Waals surface area contributed by atoms with Gasteiger partial charge in [0, 0.05) is 33.1 Å². The third kappa shape index (κ3) is 3.91. The summed E-state index contributed by atoms with van der Waals surface area (Å²) in [6.45, 7) is 7.24. The Hall–Kier alpha value is -1.37. The Kier molecular flexibility index (Phi) is 5.81. The average Bonchev–Trinajstić information content (AvgIpc) is 3.11. The van der Waals surface area contributed by atoms with Crippen molar-refractivity contribution in [2.45, 2.75) is 44.6 Å². The van der Waals surface area contributed by atoms with E-state index in [1.807, 2.05) is 0 Å². The number of hydrogen-bond donors (Lipinski definition) is 0. The van der Waals surface area contributed by atoms with E-state index in [2.05, 4.69) is 40.9 Å². The number of thiophene rings is 1. The van der Waals surface area contributed by atoms with Gasteiger partial charge >= 0.3 is 0 Å². The molecule has 0 radical (unpaired) electrons. The number of rotatable bonds is 6. The maximum atomic E-state index is 13.2. The predicted molar refractivity (Wildman–Crippen MR) is 104 cm³/mol. The monoisotopic (exact) mass is 395 g/mol. The molecule has 0 amide bonds. The van der Waals surface area contributed by atoms with Crippen molar-refractivity contribution >= 4 is 34.7 Å². The minimum atomic E-state index is -0.321. The van der Waals surface area contributed by atoms with Crippen LogP contribution in [0.25, 0.3) is 11.4 Å². The van der Waals surface area contributed by atoms with Crippen LogP contribution in [0.5, 0.6) is 0 Å². The molecule has 25 heavy (non-hydrogen) atoms. The van der Waals surface area contributed by atoms with Gasteiger partial charge in [0.05, 0.1) is 0 Å². The Balaban J connectivity index is 1.88. The van der Waals surface area contributed by atoms with Crippen LogP contribution >= 0.6 is 34.7 Å². The molecule has 2 aromatic heterocycles. The molecule has 1 aromatic carbocycles. The molecule has 0 unspecified atom stereocenters. The molecule has 132 valence electrons. The third-order valence-corrected chi connectivity index (χ3v) is 6.44. The van der Waals surface area contributed by atoms with Gasteiger partial charge in [-0.1, -0.05) is 36.4 Å². The molecule has 3 nitrogen and oxygen atoms in total. The smallest absolute Gasteiger partial charge is 0.191 e. The van der Waals surface area contributed by atoms with Gasteiger partial charge in [-0.2, -0.15) is 0 Å². The van der Waals surface area contributed by atoms with Crippen LogP contribution in [0.4, 0.5) is 4.39 Å². The lowest BCUT2D eigenvalue weighted by molar-refractivity contribution is 0.625. The van der Waals surface area contributed by atoms with E-state index in [1.54, 1.807) is 29.2 Å². The molecule has 0 aliphatic heterocycles. The molecule has 7 heteroatoms. The lowest BCUT2D eigenvalue weighted by Crippen LogP contribution is -2.02. The van der Waals surface area contributed by atoms with E-state index in [-0.39, 0.29) is 5.82 Å². The summed E-state index contributed by atoms with van der Waals surface area (Å²) in [6, 6.07) is 4.50. The molecule has 0 aliphatic carbocycles. The summed E-state index contributed by atoms with van der Waals surface area (Å²) in [7, 11) is 0. The molecule has 0 aliphatic rings.